The number of carbonyl (C=O) groups is 4. The van der Waals surface area contributed by atoms with E-state index in [1.165, 1.54) is 0 Å². The fourth-order valence-corrected chi connectivity index (χ4v) is 5.53. The van der Waals surface area contributed by atoms with Crippen LogP contribution in [0.15, 0.2) is 0 Å². The van der Waals surface area contributed by atoms with E-state index >= 15 is 0 Å². The maximum atomic E-state index is 13.8. The van der Waals surface area contributed by atoms with Gasteiger partial charge < -0.3 is 20.9 Å². The third-order valence-corrected chi connectivity index (χ3v) is 7.99. The van der Waals surface area contributed by atoms with Crippen LogP contribution >= 0.6 is 0 Å². The summed E-state index contributed by atoms with van der Waals surface area (Å²) in [6.07, 6.45) is 0.887. The van der Waals surface area contributed by atoms with Gasteiger partial charge in [-0.25, -0.2) is 0 Å². The average Bonchev–Trinajstić information content (AvgIpc) is 3.10. The van der Waals surface area contributed by atoms with Crippen molar-refractivity contribution in [2.24, 2.45) is 34.0 Å². The summed E-state index contributed by atoms with van der Waals surface area (Å²) in [5.74, 6) is -1.09. The summed E-state index contributed by atoms with van der Waals surface area (Å²) in [6.45, 7) is 16.3. The molecule has 194 valence electrons. The molecule has 0 unspecified atom stereocenters. The monoisotopic (exact) mass is 487 g/mol. The van der Waals surface area contributed by atoms with Gasteiger partial charge in [-0.3, -0.25) is 19.2 Å². The second-order valence-electron chi connectivity index (χ2n) is 13.1. The summed E-state index contributed by atoms with van der Waals surface area (Å²) < 4.78 is 0. The Bertz CT molecular complexity index is 939. The van der Waals surface area contributed by atoms with Crippen molar-refractivity contribution < 1.29 is 19.2 Å². The van der Waals surface area contributed by atoms with Gasteiger partial charge in [0.05, 0.1) is 6.07 Å². The fraction of sp³-hybridized carbons (Fsp3) is 0.808. The van der Waals surface area contributed by atoms with Gasteiger partial charge in [0.1, 0.15) is 18.1 Å². The lowest BCUT2D eigenvalue weighted by molar-refractivity contribution is -0.146. The van der Waals surface area contributed by atoms with Crippen LogP contribution in [-0.4, -0.2) is 59.7 Å². The first kappa shape index (κ1) is 27.0. The van der Waals surface area contributed by atoms with E-state index in [-0.39, 0.29) is 53.2 Å². The molecule has 3 aliphatic rings. The predicted octanol–water partition coefficient (Wildman–Crippen LogP) is 1.58. The summed E-state index contributed by atoms with van der Waals surface area (Å²) >= 11 is 0. The van der Waals surface area contributed by atoms with Gasteiger partial charge in [0.2, 0.25) is 23.6 Å². The number of hydrogen-bond donors (Lipinski definition) is 3. The molecule has 0 radical (unpaired) electrons. The van der Waals surface area contributed by atoms with E-state index in [2.05, 4.69) is 35.9 Å². The van der Waals surface area contributed by atoms with Crippen LogP contribution in [0, 0.1) is 45.3 Å². The molecule has 0 aromatic heterocycles. The van der Waals surface area contributed by atoms with Crippen LogP contribution in [0.4, 0.5) is 0 Å². The Kier molecular flexibility index (Phi) is 7.02. The molecule has 0 aromatic carbocycles. The molecule has 4 amide bonds. The van der Waals surface area contributed by atoms with Crippen LogP contribution in [0.1, 0.15) is 68.2 Å². The average molecular weight is 488 g/mol. The van der Waals surface area contributed by atoms with E-state index in [0.29, 0.717) is 19.5 Å². The van der Waals surface area contributed by atoms with Gasteiger partial charge in [0.15, 0.2) is 0 Å². The minimum absolute atomic E-state index is 0.0143. The summed E-state index contributed by atoms with van der Waals surface area (Å²) in [4.78, 5) is 53.7. The second-order valence-corrected chi connectivity index (χ2v) is 13.1. The SMILES string of the molecule is CC(C)(C)C(=O)N[C@H](C(=O)N1C[C@H]2[C@@H]([C@H]1C(=O)N[C@H](C#N)C[C@@H]1CCNC1=O)C2(C)C)C(C)(C)C. The van der Waals surface area contributed by atoms with Crippen molar-refractivity contribution in [2.75, 3.05) is 13.1 Å². The Labute approximate surface area is 208 Å². The zero-order valence-electron chi connectivity index (χ0n) is 22.3. The largest absolute Gasteiger partial charge is 0.356 e. The molecule has 0 bridgehead atoms. The van der Waals surface area contributed by atoms with Crippen LogP contribution in [-0.2, 0) is 19.2 Å². The third-order valence-electron chi connectivity index (χ3n) is 7.99. The molecule has 6 atom stereocenters. The van der Waals surface area contributed by atoms with E-state index in [0.717, 1.165) is 0 Å². The van der Waals surface area contributed by atoms with Gasteiger partial charge in [0.25, 0.3) is 0 Å². The summed E-state index contributed by atoms with van der Waals surface area (Å²) in [5.41, 5.74) is -1.31. The number of amides is 4. The Morgan fingerprint density at radius 2 is 1.80 bits per heavy atom. The standard InChI is InChI=1S/C26H41N5O4/c1-24(2,3)19(30-23(35)25(4,5)6)22(34)31-13-16-17(26(16,7)8)18(31)21(33)29-15(12-27)11-14-9-10-28-20(14)32/h14-19H,9-11,13H2,1-8H3,(H,28,32)(H,29,33)(H,30,35)/t14-,15-,16-,17-,18-,19+/m0/s1. The molecule has 35 heavy (non-hydrogen) atoms. The van der Waals surface area contributed by atoms with Gasteiger partial charge in [-0.15, -0.1) is 0 Å². The van der Waals surface area contributed by atoms with Gasteiger partial charge in [-0.1, -0.05) is 55.4 Å². The number of nitrogens with zero attached hydrogens (tertiary/aromatic N) is 2. The van der Waals surface area contributed by atoms with Gasteiger partial charge in [0, 0.05) is 24.4 Å². The minimum atomic E-state index is -0.812. The summed E-state index contributed by atoms with van der Waals surface area (Å²) in [7, 11) is 0. The number of piperidine rings is 1. The van der Waals surface area contributed by atoms with E-state index in [1.807, 2.05) is 20.8 Å². The molecule has 3 rings (SSSR count). The molecule has 9 heteroatoms. The first-order valence-electron chi connectivity index (χ1n) is 12.6. The lowest BCUT2D eigenvalue weighted by Crippen LogP contribution is -2.60. The highest BCUT2D eigenvalue weighted by Gasteiger charge is 2.69. The zero-order valence-corrected chi connectivity index (χ0v) is 22.3. The van der Waals surface area contributed by atoms with E-state index < -0.39 is 29.0 Å². The van der Waals surface area contributed by atoms with Crippen LogP contribution in [0.2, 0.25) is 0 Å². The third kappa shape index (κ3) is 5.31. The number of hydrogen-bond acceptors (Lipinski definition) is 5. The maximum absolute atomic E-state index is 13.8. The Hall–Kier alpha value is -2.63. The topological polar surface area (TPSA) is 131 Å². The number of likely N-dealkylation sites (tertiary alicyclic amines) is 1. The zero-order chi connectivity index (χ0) is 26.5. The molecule has 1 aliphatic carbocycles. The molecule has 2 saturated heterocycles. The van der Waals surface area contributed by atoms with Crippen molar-refractivity contribution in [3.05, 3.63) is 0 Å². The van der Waals surface area contributed by atoms with Crippen LogP contribution < -0.4 is 16.0 Å². The van der Waals surface area contributed by atoms with Crippen molar-refractivity contribution in [3.8, 4) is 6.07 Å². The molecule has 3 fully saturated rings. The van der Waals surface area contributed by atoms with Crippen molar-refractivity contribution >= 4 is 23.6 Å². The van der Waals surface area contributed by atoms with Crippen molar-refractivity contribution in [1.82, 2.24) is 20.9 Å². The first-order chi connectivity index (χ1) is 16.0. The molecule has 2 heterocycles. The minimum Gasteiger partial charge on any atom is -0.356 e. The lowest BCUT2D eigenvalue weighted by Gasteiger charge is -2.38. The van der Waals surface area contributed by atoms with Crippen molar-refractivity contribution in [3.63, 3.8) is 0 Å². The quantitative estimate of drug-likeness (QED) is 0.523. The van der Waals surface area contributed by atoms with Crippen LogP contribution in [0.3, 0.4) is 0 Å². The summed E-state index contributed by atoms with van der Waals surface area (Å²) in [5, 5.41) is 18.2. The molecule has 9 nitrogen and oxygen atoms in total. The van der Waals surface area contributed by atoms with Gasteiger partial charge >= 0.3 is 0 Å². The molecular formula is C26H41N5O4. The van der Waals surface area contributed by atoms with Crippen LogP contribution in [0.5, 0.6) is 0 Å². The predicted molar refractivity (Wildman–Crippen MR) is 130 cm³/mol. The normalized spacial score (nSPS) is 28.9. The lowest BCUT2D eigenvalue weighted by atomic mass is 9.84. The molecular weight excluding hydrogens is 446 g/mol. The Morgan fingerprint density at radius 3 is 2.29 bits per heavy atom. The highest BCUT2D eigenvalue weighted by Crippen LogP contribution is 2.65. The fourth-order valence-electron chi connectivity index (χ4n) is 5.53. The molecule has 0 spiro atoms. The molecule has 2 aliphatic heterocycles. The Morgan fingerprint density at radius 1 is 1.17 bits per heavy atom. The highest BCUT2D eigenvalue weighted by atomic mass is 16.2. The highest BCUT2D eigenvalue weighted by molar-refractivity contribution is 5.95. The van der Waals surface area contributed by atoms with Crippen LogP contribution in [0.25, 0.3) is 0 Å². The number of rotatable bonds is 6. The number of carbonyl (C=O) groups excluding carboxylic acids is 4. The van der Waals surface area contributed by atoms with Gasteiger partial charge in [-0.2, -0.15) is 5.26 Å². The molecule has 3 N–H and O–H groups in total. The second kappa shape index (κ2) is 9.11. The molecule has 1 saturated carbocycles. The van der Waals surface area contributed by atoms with E-state index in [1.54, 1.807) is 25.7 Å². The first-order valence-corrected chi connectivity index (χ1v) is 12.6. The summed E-state index contributed by atoms with van der Waals surface area (Å²) in [6, 6.07) is -0.206. The smallest absolute Gasteiger partial charge is 0.246 e. The van der Waals surface area contributed by atoms with Crippen molar-refractivity contribution in [1.29, 1.82) is 5.26 Å². The van der Waals surface area contributed by atoms with Crippen molar-refractivity contribution in [2.45, 2.75) is 86.4 Å². The molecule has 0 aromatic rings. The Balaban J connectivity index is 1.81. The number of nitriles is 1. The maximum Gasteiger partial charge on any atom is 0.246 e. The van der Waals surface area contributed by atoms with E-state index in [4.69, 9.17) is 0 Å². The van der Waals surface area contributed by atoms with E-state index in [9.17, 15) is 24.4 Å². The van der Waals surface area contributed by atoms with Gasteiger partial charge in [-0.05, 0) is 35.5 Å². The number of nitrogens with one attached hydrogen (secondary N) is 3. The number of fused-ring (bicyclic) bond motifs is 1.